The van der Waals surface area contributed by atoms with E-state index in [-0.39, 0.29) is 30.8 Å². The van der Waals surface area contributed by atoms with Crippen LogP contribution in [0.3, 0.4) is 0 Å². The number of carbonyl (C=O) groups excluding carboxylic acids is 1. The molecule has 1 fully saturated rings. The standard InChI is InChI=1S/C15H22N2O4.ClH/c1-19-11-4-5-13(16)14(9-11)17-15(18)6-8-20-10-12-3-2-7-21-12;/h4-5,9,12H,2-3,6-8,10,16H2,1H3,(H,17,18);1H. The lowest BCUT2D eigenvalue weighted by molar-refractivity contribution is -0.117. The lowest BCUT2D eigenvalue weighted by Gasteiger charge is -2.11. The van der Waals surface area contributed by atoms with Crippen LogP contribution in [0, 0.1) is 0 Å². The van der Waals surface area contributed by atoms with Gasteiger partial charge in [0.25, 0.3) is 0 Å². The topological polar surface area (TPSA) is 82.8 Å². The number of methoxy groups -OCH3 is 1. The number of benzene rings is 1. The van der Waals surface area contributed by atoms with E-state index in [4.69, 9.17) is 19.9 Å². The van der Waals surface area contributed by atoms with E-state index in [1.165, 1.54) is 0 Å². The molecule has 124 valence electrons. The van der Waals surface area contributed by atoms with Gasteiger partial charge in [-0.2, -0.15) is 0 Å². The van der Waals surface area contributed by atoms with E-state index in [1.807, 2.05) is 0 Å². The second-order valence-corrected chi connectivity index (χ2v) is 4.96. The molecule has 1 aliphatic heterocycles. The van der Waals surface area contributed by atoms with Gasteiger partial charge in [-0.15, -0.1) is 12.4 Å². The van der Waals surface area contributed by atoms with E-state index < -0.39 is 0 Å². The van der Waals surface area contributed by atoms with Gasteiger partial charge in [-0.25, -0.2) is 0 Å². The fourth-order valence-electron chi connectivity index (χ4n) is 2.14. The number of halogens is 1. The molecule has 7 heteroatoms. The molecule has 0 spiro atoms. The van der Waals surface area contributed by atoms with Crippen LogP contribution < -0.4 is 15.8 Å². The molecule has 0 bridgehead atoms. The van der Waals surface area contributed by atoms with Crippen molar-refractivity contribution < 1.29 is 19.0 Å². The summed E-state index contributed by atoms with van der Waals surface area (Å²) in [4.78, 5) is 11.8. The van der Waals surface area contributed by atoms with Gasteiger partial charge in [0.2, 0.25) is 5.91 Å². The molecular formula is C15H23ClN2O4. The molecule has 0 radical (unpaired) electrons. The number of nitrogen functional groups attached to an aromatic ring is 1. The minimum Gasteiger partial charge on any atom is -0.497 e. The lowest BCUT2D eigenvalue weighted by Crippen LogP contribution is -2.18. The van der Waals surface area contributed by atoms with Gasteiger partial charge in [0, 0.05) is 12.7 Å². The molecule has 3 N–H and O–H groups in total. The average Bonchev–Trinajstić information content (AvgIpc) is 2.99. The van der Waals surface area contributed by atoms with Crippen LogP contribution in [0.4, 0.5) is 11.4 Å². The van der Waals surface area contributed by atoms with Gasteiger partial charge in [0.15, 0.2) is 0 Å². The van der Waals surface area contributed by atoms with Crippen molar-refractivity contribution in [1.29, 1.82) is 0 Å². The predicted octanol–water partition coefficient (Wildman–Crippen LogP) is 2.22. The first-order valence-corrected chi connectivity index (χ1v) is 7.11. The van der Waals surface area contributed by atoms with Gasteiger partial charge in [0.05, 0.1) is 44.2 Å². The summed E-state index contributed by atoms with van der Waals surface area (Å²) in [5, 5.41) is 2.76. The molecule has 1 aromatic carbocycles. The Hall–Kier alpha value is -1.50. The zero-order chi connectivity index (χ0) is 15.1. The zero-order valence-electron chi connectivity index (χ0n) is 12.7. The number of nitrogens with one attached hydrogen (secondary N) is 1. The lowest BCUT2D eigenvalue weighted by atomic mass is 10.2. The number of carbonyl (C=O) groups is 1. The normalized spacial score (nSPS) is 16.9. The van der Waals surface area contributed by atoms with E-state index in [0.29, 0.717) is 30.3 Å². The van der Waals surface area contributed by atoms with Gasteiger partial charge in [-0.3, -0.25) is 4.79 Å². The van der Waals surface area contributed by atoms with E-state index in [0.717, 1.165) is 19.4 Å². The largest absolute Gasteiger partial charge is 0.497 e. The van der Waals surface area contributed by atoms with Crippen LogP contribution in [0.15, 0.2) is 18.2 Å². The maximum atomic E-state index is 11.8. The molecule has 1 aliphatic rings. The Balaban J connectivity index is 0.00000242. The van der Waals surface area contributed by atoms with E-state index in [9.17, 15) is 4.79 Å². The Kier molecular flexibility index (Phi) is 8.01. The van der Waals surface area contributed by atoms with Crippen molar-refractivity contribution in [3.63, 3.8) is 0 Å². The third kappa shape index (κ3) is 5.71. The van der Waals surface area contributed by atoms with Crippen molar-refractivity contribution in [2.24, 2.45) is 0 Å². The highest BCUT2D eigenvalue weighted by atomic mass is 35.5. The molecule has 0 aliphatic carbocycles. The van der Waals surface area contributed by atoms with Crippen molar-refractivity contribution in [1.82, 2.24) is 0 Å². The number of ether oxygens (including phenoxy) is 3. The first-order valence-electron chi connectivity index (χ1n) is 7.11. The summed E-state index contributed by atoms with van der Waals surface area (Å²) < 4.78 is 16.0. The van der Waals surface area contributed by atoms with Crippen LogP contribution in [0.2, 0.25) is 0 Å². The Bertz CT molecular complexity index is 479. The Morgan fingerprint density at radius 3 is 3.00 bits per heavy atom. The number of anilines is 2. The third-order valence-electron chi connectivity index (χ3n) is 3.34. The monoisotopic (exact) mass is 330 g/mol. The Labute approximate surface area is 136 Å². The summed E-state index contributed by atoms with van der Waals surface area (Å²) in [7, 11) is 1.57. The summed E-state index contributed by atoms with van der Waals surface area (Å²) in [6, 6.07) is 5.14. The van der Waals surface area contributed by atoms with E-state index in [2.05, 4.69) is 5.32 Å². The molecule has 22 heavy (non-hydrogen) atoms. The fraction of sp³-hybridized carbons (Fsp3) is 0.533. The first kappa shape index (κ1) is 18.5. The molecule has 0 saturated carbocycles. The molecule has 6 nitrogen and oxygen atoms in total. The first-order chi connectivity index (χ1) is 10.2. The van der Waals surface area contributed by atoms with Crippen molar-refractivity contribution in [2.45, 2.75) is 25.4 Å². The average molecular weight is 331 g/mol. The number of hydrogen-bond acceptors (Lipinski definition) is 5. The van der Waals surface area contributed by atoms with Crippen LogP contribution in [0.5, 0.6) is 5.75 Å². The highest BCUT2D eigenvalue weighted by molar-refractivity contribution is 5.94. The Morgan fingerprint density at radius 2 is 2.32 bits per heavy atom. The third-order valence-corrected chi connectivity index (χ3v) is 3.34. The maximum absolute atomic E-state index is 11.8. The smallest absolute Gasteiger partial charge is 0.226 e. The predicted molar refractivity (Wildman–Crippen MR) is 87.7 cm³/mol. The Morgan fingerprint density at radius 1 is 1.50 bits per heavy atom. The van der Waals surface area contributed by atoms with Gasteiger partial charge in [-0.1, -0.05) is 0 Å². The van der Waals surface area contributed by atoms with Crippen molar-refractivity contribution in [2.75, 3.05) is 38.0 Å². The SMILES string of the molecule is COc1ccc(N)c(NC(=O)CCOCC2CCCO2)c1.Cl. The highest BCUT2D eigenvalue weighted by Gasteiger charge is 2.15. The van der Waals surface area contributed by atoms with E-state index >= 15 is 0 Å². The highest BCUT2D eigenvalue weighted by Crippen LogP contribution is 2.24. The number of rotatable bonds is 7. The molecular weight excluding hydrogens is 308 g/mol. The molecule has 1 atom stereocenters. The molecule has 1 amide bonds. The summed E-state index contributed by atoms with van der Waals surface area (Å²) >= 11 is 0. The minimum atomic E-state index is -0.137. The molecule has 0 aromatic heterocycles. The van der Waals surface area contributed by atoms with Gasteiger partial charge in [0.1, 0.15) is 5.75 Å². The quantitative estimate of drug-likeness (QED) is 0.591. The van der Waals surface area contributed by atoms with Crippen LogP contribution in [0.25, 0.3) is 0 Å². The second-order valence-electron chi connectivity index (χ2n) is 4.96. The maximum Gasteiger partial charge on any atom is 0.226 e. The summed E-state index contributed by atoms with van der Waals surface area (Å²) in [6.45, 7) is 1.73. The molecule has 1 heterocycles. The van der Waals surface area contributed by atoms with Gasteiger partial charge in [-0.05, 0) is 25.0 Å². The minimum absolute atomic E-state index is 0. The van der Waals surface area contributed by atoms with Crippen LogP contribution in [-0.2, 0) is 14.3 Å². The van der Waals surface area contributed by atoms with Gasteiger partial charge >= 0.3 is 0 Å². The van der Waals surface area contributed by atoms with Crippen LogP contribution in [-0.4, -0.2) is 38.9 Å². The fourth-order valence-corrected chi connectivity index (χ4v) is 2.14. The summed E-state index contributed by atoms with van der Waals surface area (Å²) in [5.74, 6) is 0.511. The number of hydrogen-bond donors (Lipinski definition) is 2. The van der Waals surface area contributed by atoms with Gasteiger partial charge < -0.3 is 25.3 Å². The zero-order valence-corrected chi connectivity index (χ0v) is 13.5. The molecule has 2 rings (SSSR count). The van der Waals surface area contributed by atoms with Crippen molar-refractivity contribution in [3.8, 4) is 5.75 Å². The number of nitrogens with two attached hydrogens (primary N) is 1. The number of amides is 1. The van der Waals surface area contributed by atoms with Crippen molar-refractivity contribution in [3.05, 3.63) is 18.2 Å². The van der Waals surface area contributed by atoms with Crippen LogP contribution in [0.1, 0.15) is 19.3 Å². The molecule has 1 aromatic rings. The van der Waals surface area contributed by atoms with Crippen LogP contribution >= 0.6 is 12.4 Å². The molecule has 1 unspecified atom stereocenters. The summed E-state index contributed by atoms with van der Waals surface area (Å²) in [6.07, 6.45) is 2.58. The molecule has 1 saturated heterocycles. The summed E-state index contributed by atoms with van der Waals surface area (Å²) in [5.41, 5.74) is 6.87. The van der Waals surface area contributed by atoms with Crippen molar-refractivity contribution >= 4 is 29.7 Å². The second kappa shape index (κ2) is 9.50. The van der Waals surface area contributed by atoms with E-state index in [1.54, 1.807) is 25.3 Å².